The fraction of sp³-hybridized carbons (Fsp3) is 0.364. The van der Waals surface area contributed by atoms with Crippen LogP contribution in [0.3, 0.4) is 0 Å². The molecule has 3 rings (SSSR count). The van der Waals surface area contributed by atoms with Crippen LogP contribution in [0.25, 0.3) is 0 Å². The molecule has 3 heterocycles. The Hall–Kier alpha value is -2.17. The van der Waals surface area contributed by atoms with E-state index in [1.807, 2.05) is 33.8 Å². The summed E-state index contributed by atoms with van der Waals surface area (Å²) in [6.45, 7) is 7.75. The van der Waals surface area contributed by atoms with Crippen molar-refractivity contribution >= 4 is 32.4 Å². The van der Waals surface area contributed by atoms with Crippen LogP contribution in [0.1, 0.15) is 35.1 Å². The molecule has 32 heavy (non-hydrogen) atoms. The van der Waals surface area contributed by atoms with Crippen molar-refractivity contribution in [3.8, 4) is 0 Å². The summed E-state index contributed by atoms with van der Waals surface area (Å²) in [7, 11) is -2.73. The van der Waals surface area contributed by atoms with Crippen molar-refractivity contribution in [1.82, 2.24) is 19.9 Å². The maximum absolute atomic E-state index is 11.4. The average molecular weight is 497 g/mol. The van der Waals surface area contributed by atoms with Crippen molar-refractivity contribution in [2.75, 3.05) is 6.26 Å². The Kier molecular flexibility index (Phi) is 15.3. The fourth-order valence-electron chi connectivity index (χ4n) is 1.92. The Labute approximate surface area is 198 Å². The van der Waals surface area contributed by atoms with E-state index in [-0.39, 0.29) is 17.9 Å². The molecule has 3 unspecified atom stereocenters. The maximum atomic E-state index is 11.4. The topological polar surface area (TPSA) is 103 Å². The number of hydrogen-bond acceptors (Lipinski definition) is 7. The molecule has 3 aromatic heterocycles. The molecule has 0 spiro atoms. The van der Waals surface area contributed by atoms with E-state index >= 15 is 0 Å². The normalized spacial score (nSPS) is 12.8. The summed E-state index contributed by atoms with van der Waals surface area (Å²) < 4.78 is 33.5. The van der Waals surface area contributed by atoms with Gasteiger partial charge in [-0.1, -0.05) is 35.1 Å². The van der Waals surface area contributed by atoms with Gasteiger partial charge in [-0.2, -0.15) is 0 Å². The van der Waals surface area contributed by atoms with Crippen LogP contribution in [0.15, 0.2) is 82.5 Å². The highest BCUT2D eigenvalue weighted by molar-refractivity contribution is 7.86. The summed E-state index contributed by atoms with van der Waals surface area (Å²) in [6, 6.07) is 7.21. The number of pyridine rings is 2. The lowest BCUT2D eigenvalue weighted by atomic mass is 10.5. The molecule has 0 aliphatic carbocycles. The maximum Gasteiger partial charge on any atom is 0.115 e. The van der Waals surface area contributed by atoms with Crippen LogP contribution < -0.4 is 0 Å². The van der Waals surface area contributed by atoms with Gasteiger partial charge in [0.2, 0.25) is 0 Å². The molecule has 0 N–H and O–H groups in total. The second kappa shape index (κ2) is 16.5. The van der Waals surface area contributed by atoms with Gasteiger partial charge in [0.15, 0.2) is 0 Å². The average Bonchev–Trinajstić information content (AvgIpc) is 2.80. The standard InChI is InChI=1S/2C8H11NOS.C5H6N2OS.CH4/c1-7(2)11(10)8-3-5-9-6-4-8;1-7(2)11(10)8-4-3-5-9-6-8;1-9(8)5-2-6-4-7-3-5;/h2*3-7H,1-2H3;2-4H,1H3;1H4. The molecule has 0 fully saturated rings. The second-order valence-electron chi connectivity index (χ2n) is 6.59. The highest BCUT2D eigenvalue weighted by Crippen LogP contribution is 2.09. The quantitative estimate of drug-likeness (QED) is 0.525. The van der Waals surface area contributed by atoms with E-state index in [0.29, 0.717) is 4.90 Å². The van der Waals surface area contributed by atoms with Crippen molar-refractivity contribution in [1.29, 1.82) is 0 Å². The molecule has 7 nitrogen and oxygen atoms in total. The van der Waals surface area contributed by atoms with Gasteiger partial charge < -0.3 is 0 Å². The number of hydrogen-bond donors (Lipinski definition) is 0. The van der Waals surface area contributed by atoms with Gasteiger partial charge in [0.05, 0.1) is 42.2 Å². The summed E-state index contributed by atoms with van der Waals surface area (Å²) in [4.78, 5) is 17.5. The summed E-state index contributed by atoms with van der Waals surface area (Å²) in [5.41, 5.74) is 0. The smallest absolute Gasteiger partial charge is 0.115 e. The van der Waals surface area contributed by atoms with Crippen molar-refractivity contribution < 1.29 is 12.6 Å². The van der Waals surface area contributed by atoms with E-state index < -0.39 is 32.4 Å². The van der Waals surface area contributed by atoms with E-state index in [2.05, 4.69) is 19.9 Å². The van der Waals surface area contributed by atoms with Gasteiger partial charge >= 0.3 is 0 Å². The van der Waals surface area contributed by atoms with E-state index in [1.54, 1.807) is 61.6 Å². The molecular formula is C22H32N4O3S3. The molecule has 0 aliphatic rings. The highest BCUT2D eigenvalue weighted by atomic mass is 32.2. The molecule has 0 radical (unpaired) electrons. The summed E-state index contributed by atoms with van der Waals surface area (Å²) in [5, 5.41) is 0.344. The highest BCUT2D eigenvalue weighted by Gasteiger charge is 2.07. The minimum atomic E-state index is -0.954. The molecule has 10 heteroatoms. The Morgan fingerprint density at radius 3 is 1.56 bits per heavy atom. The van der Waals surface area contributed by atoms with Crippen LogP contribution >= 0.6 is 0 Å². The third-order valence-electron chi connectivity index (χ3n) is 3.47. The minimum Gasteiger partial charge on any atom is -0.265 e. The third kappa shape index (κ3) is 11.4. The molecule has 176 valence electrons. The lowest BCUT2D eigenvalue weighted by Crippen LogP contribution is -2.05. The first-order valence-corrected chi connectivity index (χ1v) is 13.4. The number of nitrogens with zero attached hydrogens (tertiary/aromatic N) is 4. The van der Waals surface area contributed by atoms with Crippen molar-refractivity contribution in [3.05, 3.63) is 67.8 Å². The van der Waals surface area contributed by atoms with Crippen LogP contribution in [0.4, 0.5) is 0 Å². The van der Waals surface area contributed by atoms with Gasteiger partial charge in [0.25, 0.3) is 0 Å². The Bertz CT molecular complexity index is 902. The van der Waals surface area contributed by atoms with E-state index in [0.717, 1.165) is 9.79 Å². The Balaban J connectivity index is 0.000000446. The van der Waals surface area contributed by atoms with Crippen molar-refractivity contribution in [2.45, 2.75) is 60.3 Å². The molecule has 0 saturated heterocycles. The molecule has 3 aromatic rings. The first-order valence-electron chi connectivity index (χ1n) is 9.43. The predicted octanol–water partition coefficient (Wildman–Crippen LogP) is 4.05. The van der Waals surface area contributed by atoms with E-state index in [9.17, 15) is 12.6 Å². The lowest BCUT2D eigenvalue weighted by Gasteiger charge is -2.03. The zero-order chi connectivity index (χ0) is 23.2. The van der Waals surface area contributed by atoms with Crippen molar-refractivity contribution in [2.24, 2.45) is 0 Å². The lowest BCUT2D eigenvalue weighted by molar-refractivity contribution is 0.675. The summed E-state index contributed by atoms with van der Waals surface area (Å²) in [6.07, 6.45) is 12.8. The molecule has 3 atom stereocenters. The number of aromatic nitrogens is 4. The first kappa shape index (κ1) is 29.8. The zero-order valence-corrected chi connectivity index (χ0v) is 20.7. The molecular weight excluding hydrogens is 464 g/mol. The molecule has 0 bridgehead atoms. The van der Waals surface area contributed by atoms with Crippen LogP contribution in [0.2, 0.25) is 0 Å². The van der Waals surface area contributed by atoms with Gasteiger partial charge in [-0.3, -0.25) is 22.6 Å². The molecule has 0 aromatic carbocycles. The van der Waals surface area contributed by atoms with Gasteiger partial charge in [-0.05, 0) is 24.3 Å². The summed E-state index contributed by atoms with van der Waals surface area (Å²) in [5.74, 6) is 0. The Morgan fingerprint density at radius 1 is 0.656 bits per heavy atom. The Morgan fingerprint density at radius 2 is 1.16 bits per heavy atom. The summed E-state index contributed by atoms with van der Waals surface area (Å²) >= 11 is 0. The van der Waals surface area contributed by atoms with Crippen LogP contribution in [-0.2, 0) is 32.4 Å². The SMILES string of the molecule is C.CC(C)S(=O)c1cccnc1.CC(C)S(=O)c1ccncc1.CS(=O)c1cncnc1. The van der Waals surface area contributed by atoms with Crippen molar-refractivity contribution in [3.63, 3.8) is 0 Å². The van der Waals surface area contributed by atoms with Gasteiger partial charge in [-0.15, -0.1) is 0 Å². The van der Waals surface area contributed by atoms with Gasteiger partial charge in [0, 0.05) is 58.8 Å². The number of rotatable bonds is 5. The minimum absolute atomic E-state index is 0. The van der Waals surface area contributed by atoms with Crippen LogP contribution in [-0.4, -0.2) is 49.3 Å². The second-order valence-corrected chi connectivity index (χ2v) is 12.0. The predicted molar refractivity (Wildman–Crippen MR) is 133 cm³/mol. The zero-order valence-electron chi connectivity index (χ0n) is 18.2. The van der Waals surface area contributed by atoms with Crippen LogP contribution in [0.5, 0.6) is 0 Å². The fourth-order valence-corrected chi connectivity index (χ4v) is 4.19. The monoisotopic (exact) mass is 496 g/mol. The third-order valence-corrected chi connectivity index (χ3v) is 7.50. The van der Waals surface area contributed by atoms with Gasteiger partial charge in [0.1, 0.15) is 6.33 Å². The van der Waals surface area contributed by atoms with Gasteiger partial charge in [-0.25, -0.2) is 9.97 Å². The largest absolute Gasteiger partial charge is 0.265 e. The molecule has 0 saturated carbocycles. The van der Waals surface area contributed by atoms with E-state index in [4.69, 9.17) is 0 Å². The van der Waals surface area contributed by atoms with Crippen LogP contribution in [0, 0.1) is 0 Å². The molecule has 0 amide bonds. The molecule has 0 aliphatic heterocycles. The van der Waals surface area contributed by atoms with E-state index in [1.165, 1.54) is 6.33 Å². The first-order chi connectivity index (χ1) is 14.7.